The molecule has 0 spiro atoms. The normalized spacial score (nSPS) is 10.3. The van der Waals surface area contributed by atoms with Gasteiger partial charge in [-0.3, -0.25) is 0 Å². The number of rotatable bonds is 4. The molecule has 0 aliphatic heterocycles. The van der Waals surface area contributed by atoms with Crippen LogP contribution in [0.25, 0.3) is 0 Å². The highest BCUT2D eigenvalue weighted by atomic mass is 127. The minimum atomic E-state index is 0.861. The van der Waals surface area contributed by atoms with Crippen molar-refractivity contribution in [1.29, 1.82) is 0 Å². The van der Waals surface area contributed by atoms with E-state index in [1.54, 1.807) is 6.08 Å². The maximum absolute atomic E-state index is 3.91. The first kappa shape index (κ1) is 12.0. The molecular weight excluding hydrogens is 297 g/mol. The predicted molar refractivity (Wildman–Crippen MR) is 76.0 cm³/mol. The lowest BCUT2D eigenvalue weighted by Gasteiger charge is -2.10. The zero-order valence-corrected chi connectivity index (χ0v) is 10.9. The number of anilines is 1. The summed E-state index contributed by atoms with van der Waals surface area (Å²) in [5, 5.41) is 3.25. The van der Waals surface area contributed by atoms with Gasteiger partial charge < -0.3 is 5.32 Å². The summed E-state index contributed by atoms with van der Waals surface area (Å²) in [5.41, 5.74) is 3.20. The van der Waals surface area contributed by atoms with Crippen molar-refractivity contribution < 1.29 is 0 Å². The molecule has 0 saturated carbocycles. The van der Waals surface area contributed by atoms with Crippen molar-refractivity contribution in [1.82, 2.24) is 0 Å². The van der Waals surface area contributed by atoms with Crippen LogP contribution in [-0.4, -0.2) is 0 Å². The van der Waals surface area contributed by atoms with E-state index in [1.807, 2.05) is 24.3 Å². The van der Waals surface area contributed by atoms with E-state index < -0.39 is 0 Å². The zero-order valence-electron chi connectivity index (χ0n) is 8.76. The lowest BCUT2D eigenvalue weighted by Crippen LogP contribution is -1.98. The maximum Gasteiger partial charge on any atom is 0.0424 e. The Morgan fingerprint density at radius 2 is 2.20 bits per heavy atom. The third-order valence-electron chi connectivity index (χ3n) is 2.00. The maximum atomic E-state index is 3.91. The Balaban J connectivity index is 2.81. The van der Waals surface area contributed by atoms with Gasteiger partial charge in [0.15, 0.2) is 0 Å². The van der Waals surface area contributed by atoms with Gasteiger partial charge in [0, 0.05) is 15.0 Å². The Kier molecular flexibility index (Phi) is 4.62. The molecule has 2 heteroatoms. The Bertz CT molecular complexity index is 405. The molecule has 78 valence electrons. The molecule has 0 unspecified atom stereocenters. The lowest BCUT2D eigenvalue weighted by molar-refractivity contribution is 1.38. The third kappa shape index (κ3) is 3.55. The first-order chi connectivity index (χ1) is 7.15. The molecule has 0 radical (unpaired) electrons. The van der Waals surface area contributed by atoms with Gasteiger partial charge in [-0.05, 0) is 53.3 Å². The van der Waals surface area contributed by atoms with E-state index in [9.17, 15) is 0 Å². The fourth-order valence-electron chi connectivity index (χ4n) is 1.14. The van der Waals surface area contributed by atoms with E-state index in [4.69, 9.17) is 0 Å². The van der Waals surface area contributed by atoms with Crippen LogP contribution in [0.5, 0.6) is 0 Å². The number of benzene rings is 1. The molecule has 0 bridgehead atoms. The fraction of sp³-hybridized carbons (Fsp3) is 0.0769. The van der Waals surface area contributed by atoms with Gasteiger partial charge in [0.25, 0.3) is 0 Å². The largest absolute Gasteiger partial charge is 0.356 e. The molecule has 0 aliphatic rings. The standard InChI is InChI=1S/C13H14IN/c1-4-5-7-10(2)15-13-9-6-8-12(14)11(13)3/h4-9,15H,1-2H2,3H3/b7-5-. The molecule has 0 fully saturated rings. The molecule has 1 aromatic carbocycles. The van der Waals surface area contributed by atoms with Crippen LogP contribution in [-0.2, 0) is 0 Å². The molecule has 1 N–H and O–H groups in total. The van der Waals surface area contributed by atoms with Crippen LogP contribution in [0.1, 0.15) is 5.56 Å². The summed E-state index contributed by atoms with van der Waals surface area (Å²) >= 11 is 2.32. The van der Waals surface area contributed by atoms with Crippen molar-refractivity contribution in [3.63, 3.8) is 0 Å². The predicted octanol–water partition coefficient (Wildman–Crippen LogP) is 4.27. The number of hydrogen-bond acceptors (Lipinski definition) is 1. The number of allylic oxidation sites excluding steroid dienone is 3. The minimum Gasteiger partial charge on any atom is -0.356 e. The molecule has 1 aromatic rings. The van der Waals surface area contributed by atoms with E-state index in [0.717, 1.165) is 11.4 Å². The second-order valence-corrected chi connectivity index (χ2v) is 4.32. The van der Waals surface area contributed by atoms with Crippen molar-refractivity contribution >= 4 is 28.3 Å². The number of halogens is 1. The highest BCUT2D eigenvalue weighted by Gasteiger charge is 2.00. The Labute approximate surface area is 105 Å². The molecule has 0 amide bonds. The summed E-state index contributed by atoms with van der Waals surface area (Å²) in [6, 6.07) is 6.16. The molecule has 0 atom stereocenters. The van der Waals surface area contributed by atoms with Crippen LogP contribution in [0, 0.1) is 10.5 Å². The van der Waals surface area contributed by atoms with Gasteiger partial charge in [-0.15, -0.1) is 0 Å². The second kappa shape index (κ2) is 5.75. The average molecular weight is 311 g/mol. The molecule has 0 aliphatic carbocycles. The summed E-state index contributed by atoms with van der Waals surface area (Å²) in [5.74, 6) is 0. The summed E-state index contributed by atoms with van der Waals surface area (Å²) < 4.78 is 1.25. The topological polar surface area (TPSA) is 12.0 Å². The summed E-state index contributed by atoms with van der Waals surface area (Å²) in [6.45, 7) is 9.62. The Hall–Kier alpha value is -1.03. The average Bonchev–Trinajstić information content (AvgIpc) is 2.22. The van der Waals surface area contributed by atoms with Crippen LogP contribution < -0.4 is 5.32 Å². The zero-order chi connectivity index (χ0) is 11.3. The first-order valence-corrected chi connectivity index (χ1v) is 5.73. The molecular formula is C13H14IN. The monoisotopic (exact) mass is 311 g/mol. The van der Waals surface area contributed by atoms with Crippen LogP contribution >= 0.6 is 22.6 Å². The SMILES string of the molecule is C=C/C=C\C(=C)Nc1cccc(I)c1C. The van der Waals surface area contributed by atoms with E-state index >= 15 is 0 Å². The Morgan fingerprint density at radius 3 is 2.87 bits per heavy atom. The van der Waals surface area contributed by atoms with Crippen LogP contribution in [0.4, 0.5) is 5.69 Å². The second-order valence-electron chi connectivity index (χ2n) is 3.16. The van der Waals surface area contributed by atoms with Crippen molar-refractivity contribution in [3.05, 3.63) is 64.4 Å². The van der Waals surface area contributed by atoms with Crippen LogP contribution in [0.15, 0.2) is 55.3 Å². The molecule has 0 heterocycles. The highest BCUT2D eigenvalue weighted by Crippen LogP contribution is 2.21. The van der Waals surface area contributed by atoms with Gasteiger partial charge in [-0.25, -0.2) is 0 Å². The van der Waals surface area contributed by atoms with Crippen molar-refractivity contribution in [2.75, 3.05) is 5.32 Å². The van der Waals surface area contributed by atoms with E-state index in [2.05, 4.69) is 54.1 Å². The van der Waals surface area contributed by atoms with E-state index in [1.165, 1.54) is 9.13 Å². The molecule has 0 saturated heterocycles. The first-order valence-electron chi connectivity index (χ1n) is 4.65. The van der Waals surface area contributed by atoms with Crippen molar-refractivity contribution in [3.8, 4) is 0 Å². The summed E-state index contributed by atoms with van der Waals surface area (Å²) in [4.78, 5) is 0. The van der Waals surface area contributed by atoms with Gasteiger partial charge in [-0.2, -0.15) is 0 Å². The smallest absolute Gasteiger partial charge is 0.0424 e. The molecule has 0 aromatic heterocycles. The van der Waals surface area contributed by atoms with Gasteiger partial charge >= 0.3 is 0 Å². The third-order valence-corrected chi connectivity index (χ3v) is 3.17. The molecule has 1 rings (SSSR count). The Morgan fingerprint density at radius 1 is 1.47 bits per heavy atom. The fourth-order valence-corrected chi connectivity index (χ4v) is 1.64. The van der Waals surface area contributed by atoms with Gasteiger partial charge in [-0.1, -0.05) is 31.4 Å². The van der Waals surface area contributed by atoms with Gasteiger partial charge in [0.2, 0.25) is 0 Å². The van der Waals surface area contributed by atoms with Crippen molar-refractivity contribution in [2.45, 2.75) is 6.92 Å². The molecule has 1 nitrogen and oxygen atoms in total. The van der Waals surface area contributed by atoms with Crippen LogP contribution in [0.2, 0.25) is 0 Å². The number of nitrogens with one attached hydrogen (secondary N) is 1. The van der Waals surface area contributed by atoms with Gasteiger partial charge in [0.1, 0.15) is 0 Å². The molecule has 15 heavy (non-hydrogen) atoms. The van der Waals surface area contributed by atoms with E-state index in [-0.39, 0.29) is 0 Å². The number of hydrogen-bond donors (Lipinski definition) is 1. The summed E-state index contributed by atoms with van der Waals surface area (Å²) in [6.07, 6.45) is 5.49. The van der Waals surface area contributed by atoms with Crippen molar-refractivity contribution in [2.24, 2.45) is 0 Å². The highest BCUT2D eigenvalue weighted by molar-refractivity contribution is 14.1. The van der Waals surface area contributed by atoms with Crippen LogP contribution in [0.3, 0.4) is 0 Å². The van der Waals surface area contributed by atoms with Gasteiger partial charge in [0.05, 0.1) is 0 Å². The van der Waals surface area contributed by atoms with E-state index in [0.29, 0.717) is 0 Å². The quantitative estimate of drug-likeness (QED) is 0.647. The minimum absolute atomic E-state index is 0.861. The lowest BCUT2D eigenvalue weighted by atomic mass is 10.2. The summed E-state index contributed by atoms with van der Waals surface area (Å²) in [7, 11) is 0.